The Balaban J connectivity index is 1.26. The van der Waals surface area contributed by atoms with Crippen LogP contribution in [-0.2, 0) is 34.0 Å². The van der Waals surface area contributed by atoms with Crippen molar-refractivity contribution in [2.24, 2.45) is 0 Å². The number of esters is 1. The molecule has 1 unspecified atom stereocenters. The van der Waals surface area contributed by atoms with Crippen LogP contribution in [0.1, 0.15) is 38.7 Å². The van der Waals surface area contributed by atoms with Crippen molar-refractivity contribution in [1.29, 1.82) is 0 Å². The second kappa shape index (κ2) is 15.8. The molecule has 0 aliphatic carbocycles. The molecule has 2 atom stereocenters. The lowest BCUT2D eigenvalue weighted by atomic mass is 9.96. The molecule has 0 spiro atoms. The number of hydrogen-bond acceptors (Lipinski definition) is 8. The number of aliphatic hydroxyl groups excluding tert-OH is 1. The van der Waals surface area contributed by atoms with Crippen molar-refractivity contribution in [3.8, 4) is 5.75 Å². The first-order chi connectivity index (χ1) is 22.7. The van der Waals surface area contributed by atoms with Gasteiger partial charge in [0.2, 0.25) is 9.84 Å². The first-order valence-electron chi connectivity index (χ1n) is 15.0. The summed E-state index contributed by atoms with van der Waals surface area (Å²) < 4.78 is 37.9. The summed E-state index contributed by atoms with van der Waals surface area (Å²) in [5.74, 6) is -0.471. The Morgan fingerprint density at radius 2 is 1.51 bits per heavy atom. The van der Waals surface area contributed by atoms with Crippen LogP contribution in [0.15, 0.2) is 131 Å². The van der Waals surface area contributed by atoms with Crippen molar-refractivity contribution in [1.82, 2.24) is 10.3 Å². The van der Waals surface area contributed by atoms with Crippen molar-refractivity contribution in [3.05, 3.63) is 154 Å². The molecular formula is C37H35ClN2O6S. The number of rotatable bonds is 14. The summed E-state index contributed by atoms with van der Waals surface area (Å²) in [5.41, 5.74) is 3.57. The van der Waals surface area contributed by atoms with Crippen LogP contribution in [0.25, 0.3) is 0 Å². The molecule has 1 aromatic heterocycles. The highest BCUT2D eigenvalue weighted by Gasteiger charge is 2.24. The molecule has 0 saturated carbocycles. The molecule has 10 heteroatoms. The van der Waals surface area contributed by atoms with Gasteiger partial charge in [0.1, 0.15) is 23.1 Å². The minimum atomic E-state index is -3.94. The average molecular weight is 671 g/mol. The minimum absolute atomic E-state index is 0.0221. The van der Waals surface area contributed by atoms with E-state index in [2.05, 4.69) is 10.3 Å². The van der Waals surface area contributed by atoms with Gasteiger partial charge in [-0.25, -0.2) is 18.2 Å². The van der Waals surface area contributed by atoms with Crippen LogP contribution in [0.2, 0.25) is 5.15 Å². The summed E-state index contributed by atoms with van der Waals surface area (Å²) in [6, 6.07) is 33.3. The number of nitrogens with zero attached hydrogens (tertiary/aromatic N) is 1. The fraction of sp³-hybridized carbons (Fsp3) is 0.189. The van der Waals surface area contributed by atoms with E-state index in [1.54, 1.807) is 42.6 Å². The molecule has 8 nitrogen and oxygen atoms in total. The zero-order valence-electron chi connectivity index (χ0n) is 25.8. The van der Waals surface area contributed by atoms with Gasteiger partial charge in [0.15, 0.2) is 0 Å². The van der Waals surface area contributed by atoms with E-state index < -0.39 is 21.9 Å². The summed E-state index contributed by atoms with van der Waals surface area (Å²) in [7, 11) is -2.71. The predicted molar refractivity (Wildman–Crippen MR) is 180 cm³/mol. The molecule has 4 aromatic carbocycles. The van der Waals surface area contributed by atoms with Crippen molar-refractivity contribution in [2.75, 3.05) is 13.7 Å². The van der Waals surface area contributed by atoms with Crippen LogP contribution in [-0.4, -0.2) is 44.2 Å². The lowest BCUT2D eigenvalue weighted by Crippen LogP contribution is -2.38. The van der Waals surface area contributed by atoms with Gasteiger partial charge in [-0.05, 0) is 72.5 Å². The average Bonchev–Trinajstić information content (AvgIpc) is 3.11. The van der Waals surface area contributed by atoms with Gasteiger partial charge in [-0.3, -0.25) is 0 Å². The maximum atomic E-state index is 13.6. The Morgan fingerprint density at radius 3 is 2.15 bits per heavy atom. The van der Waals surface area contributed by atoms with E-state index in [1.165, 1.54) is 25.3 Å². The second-order valence-corrected chi connectivity index (χ2v) is 13.3. The Kier molecular flexibility index (Phi) is 11.4. The molecular weight excluding hydrogens is 636 g/mol. The van der Waals surface area contributed by atoms with E-state index in [-0.39, 0.29) is 33.8 Å². The lowest BCUT2D eigenvalue weighted by Gasteiger charge is -2.25. The summed E-state index contributed by atoms with van der Waals surface area (Å²) in [4.78, 5) is 16.7. The zero-order chi connectivity index (χ0) is 33.2. The van der Waals surface area contributed by atoms with E-state index in [1.807, 2.05) is 60.7 Å². The minimum Gasteiger partial charge on any atom is -0.488 e. The maximum absolute atomic E-state index is 13.6. The molecule has 1 heterocycles. The maximum Gasteiger partial charge on any atom is 0.341 e. The van der Waals surface area contributed by atoms with E-state index in [9.17, 15) is 18.3 Å². The summed E-state index contributed by atoms with van der Waals surface area (Å²) in [6.07, 6.45) is 1.94. The summed E-state index contributed by atoms with van der Waals surface area (Å²) >= 11 is 5.94. The number of benzene rings is 4. The van der Waals surface area contributed by atoms with Gasteiger partial charge in [-0.15, -0.1) is 0 Å². The molecule has 0 bridgehead atoms. The highest BCUT2D eigenvalue weighted by Crippen LogP contribution is 2.29. The standard InChI is InChI=1S/C37H35ClN2O6S/c1-45-37(42)32-23-31(17-18-34(32)46-25-28-10-6-3-7-11-28)47(43,44)30-15-12-26(13-16-30)20-21-39-33(22-27-8-4-2-5-9-27)36(41)29-14-19-35(38)40-24-29/h2-19,23-24,33,36,39,41H,20-22,25H2,1H3/t33?,36-/m1/s1. The van der Waals surface area contributed by atoms with Gasteiger partial charge < -0.3 is 19.9 Å². The van der Waals surface area contributed by atoms with Gasteiger partial charge >= 0.3 is 5.97 Å². The van der Waals surface area contributed by atoms with Crippen LogP contribution in [0, 0.1) is 0 Å². The Bertz CT molecular complexity index is 1870. The number of aromatic nitrogens is 1. The first-order valence-corrected chi connectivity index (χ1v) is 16.9. The number of nitrogens with one attached hydrogen (secondary N) is 1. The molecule has 0 radical (unpaired) electrons. The Morgan fingerprint density at radius 1 is 0.851 bits per heavy atom. The zero-order valence-corrected chi connectivity index (χ0v) is 27.3. The van der Waals surface area contributed by atoms with Gasteiger partial charge in [-0.1, -0.05) is 90.5 Å². The van der Waals surface area contributed by atoms with E-state index in [0.29, 0.717) is 30.1 Å². The number of methoxy groups -OCH3 is 1. The van der Waals surface area contributed by atoms with Gasteiger partial charge in [0.25, 0.3) is 0 Å². The van der Waals surface area contributed by atoms with Crippen LogP contribution < -0.4 is 10.1 Å². The third-order valence-corrected chi connectivity index (χ3v) is 9.72. The van der Waals surface area contributed by atoms with Crippen molar-refractivity contribution in [2.45, 2.75) is 41.4 Å². The number of aliphatic hydroxyl groups is 1. The number of halogens is 1. The highest BCUT2D eigenvalue weighted by atomic mass is 35.5. The highest BCUT2D eigenvalue weighted by molar-refractivity contribution is 7.91. The fourth-order valence-corrected chi connectivity index (χ4v) is 6.54. The van der Waals surface area contributed by atoms with E-state index in [0.717, 1.165) is 16.7 Å². The van der Waals surface area contributed by atoms with Gasteiger partial charge in [0.05, 0.1) is 23.0 Å². The quantitative estimate of drug-likeness (QED) is 0.103. The summed E-state index contributed by atoms with van der Waals surface area (Å²) in [5, 5.41) is 15.0. The number of ether oxygens (including phenoxy) is 2. The van der Waals surface area contributed by atoms with Crippen LogP contribution >= 0.6 is 11.6 Å². The lowest BCUT2D eigenvalue weighted by molar-refractivity contribution is 0.0595. The van der Waals surface area contributed by atoms with Crippen molar-refractivity contribution < 1.29 is 27.8 Å². The molecule has 0 amide bonds. The molecule has 2 N–H and O–H groups in total. The number of carbonyl (C=O) groups excluding carboxylic acids is 1. The second-order valence-electron chi connectivity index (χ2n) is 10.9. The van der Waals surface area contributed by atoms with E-state index >= 15 is 0 Å². The topological polar surface area (TPSA) is 115 Å². The molecule has 5 rings (SSSR count). The summed E-state index contributed by atoms with van der Waals surface area (Å²) in [6.45, 7) is 0.742. The number of hydrogen-bond donors (Lipinski definition) is 2. The van der Waals surface area contributed by atoms with Crippen LogP contribution in [0.4, 0.5) is 0 Å². The normalized spacial score (nSPS) is 12.7. The van der Waals surface area contributed by atoms with Gasteiger partial charge in [-0.2, -0.15) is 0 Å². The predicted octanol–water partition coefficient (Wildman–Crippen LogP) is 6.41. The first kappa shape index (κ1) is 33.8. The monoisotopic (exact) mass is 670 g/mol. The van der Waals surface area contributed by atoms with Crippen LogP contribution in [0.5, 0.6) is 5.75 Å². The fourth-order valence-electron chi connectivity index (χ4n) is 5.14. The number of carbonyl (C=O) groups is 1. The molecule has 0 saturated heterocycles. The van der Waals surface area contributed by atoms with Crippen molar-refractivity contribution >= 4 is 27.4 Å². The number of pyridine rings is 1. The smallest absolute Gasteiger partial charge is 0.341 e. The largest absolute Gasteiger partial charge is 0.488 e. The third-order valence-electron chi connectivity index (χ3n) is 7.73. The third kappa shape index (κ3) is 8.84. The molecule has 0 aliphatic heterocycles. The molecule has 0 fully saturated rings. The molecule has 242 valence electrons. The molecule has 47 heavy (non-hydrogen) atoms. The Hall–Kier alpha value is -4.54. The molecule has 5 aromatic rings. The SMILES string of the molecule is COC(=O)c1cc(S(=O)(=O)c2ccc(CCNC(Cc3ccccc3)[C@H](O)c3ccc(Cl)nc3)cc2)ccc1OCc1ccccc1. The van der Waals surface area contributed by atoms with Gasteiger partial charge in [0, 0.05) is 17.8 Å². The van der Waals surface area contributed by atoms with E-state index in [4.69, 9.17) is 21.1 Å². The molecule has 0 aliphatic rings. The Labute approximate surface area is 279 Å². The van der Waals surface area contributed by atoms with Crippen LogP contribution in [0.3, 0.4) is 0 Å². The number of sulfone groups is 1. The van der Waals surface area contributed by atoms with Crippen molar-refractivity contribution in [3.63, 3.8) is 0 Å².